The molecule has 0 radical (unpaired) electrons. The highest BCUT2D eigenvalue weighted by molar-refractivity contribution is 5.96. The van der Waals surface area contributed by atoms with E-state index in [1.54, 1.807) is 0 Å². The van der Waals surface area contributed by atoms with Crippen molar-refractivity contribution in [3.8, 4) is 0 Å². The van der Waals surface area contributed by atoms with Crippen LogP contribution in [0.15, 0.2) is 60.7 Å². The number of anilines is 1. The van der Waals surface area contributed by atoms with Gasteiger partial charge in [0.15, 0.2) is 0 Å². The molecule has 2 heterocycles. The predicted octanol–water partition coefficient (Wildman–Crippen LogP) is 3.69. The van der Waals surface area contributed by atoms with Crippen LogP contribution in [0.4, 0.5) is 5.69 Å². The highest BCUT2D eigenvalue weighted by atomic mass is 16.2. The summed E-state index contributed by atoms with van der Waals surface area (Å²) in [5, 5.41) is 0. The van der Waals surface area contributed by atoms with Crippen molar-refractivity contribution in [2.75, 3.05) is 44.2 Å². The van der Waals surface area contributed by atoms with E-state index in [2.05, 4.69) is 71.3 Å². The average molecular weight is 390 g/mol. The molecule has 1 atom stereocenters. The van der Waals surface area contributed by atoms with E-state index in [1.165, 1.54) is 11.1 Å². The molecule has 2 aromatic rings. The second-order valence-corrected chi connectivity index (χ2v) is 8.17. The lowest BCUT2D eigenvalue weighted by Gasteiger charge is -2.38. The molecule has 2 aliphatic rings. The van der Waals surface area contributed by atoms with E-state index in [-0.39, 0.29) is 11.9 Å². The van der Waals surface area contributed by atoms with E-state index >= 15 is 0 Å². The quantitative estimate of drug-likeness (QED) is 0.780. The first-order valence-corrected chi connectivity index (χ1v) is 10.8. The first-order valence-electron chi connectivity index (χ1n) is 10.8. The van der Waals surface area contributed by atoms with E-state index in [4.69, 9.17) is 0 Å². The monoisotopic (exact) mass is 389 g/mol. The van der Waals surface area contributed by atoms with Gasteiger partial charge in [-0.2, -0.15) is 0 Å². The van der Waals surface area contributed by atoms with Gasteiger partial charge in [0.1, 0.15) is 0 Å². The normalized spacial score (nSPS) is 20.7. The summed E-state index contributed by atoms with van der Waals surface area (Å²) in [6.45, 7) is 7.59. The SMILES string of the molecule is CC1CCc2ccccc2N1C(=O)CN1CCN(C/C=C/c2ccccc2)CC1. The highest BCUT2D eigenvalue weighted by Gasteiger charge is 2.29. The summed E-state index contributed by atoms with van der Waals surface area (Å²) < 4.78 is 0. The van der Waals surface area contributed by atoms with Crippen LogP contribution in [0.2, 0.25) is 0 Å². The molecule has 0 N–H and O–H groups in total. The van der Waals surface area contributed by atoms with Crippen LogP contribution in [-0.4, -0.2) is 61.0 Å². The summed E-state index contributed by atoms with van der Waals surface area (Å²) in [7, 11) is 0. The van der Waals surface area contributed by atoms with Crippen LogP contribution in [0.25, 0.3) is 6.08 Å². The van der Waals surface area contributed by atoms with Gasteiger partial charge in [0.2, 0.25) is 5.91 Å². The number of rotatable bonds is 5. The topological polar surface area (TPSA) is 26.8 Å². The Kier molecular flexibility index (Phi) is 6.43. The molecule has 0 aromatic heterocycles. The van der Waals surface area contributed by atoms with Crippen molar-refractivity contribution < 1.29 is 4.79 Å². The number of amides is 1. The summed E-state index contributed by atoms with van der Waals surface area (Å²) in [4.78, 5) is 19.9. The van der Waals surface area contributed by atoms with Crippen molar-refractivity contribution >= 4 is 17.7 Å². The number of hydrogen-bond donors (Lipinski definition) is 0. The van der Waals surface area contributed by atoms with Crippen LogP contribution in [0, 0.1) is 0 Å². The Bertz CT molecular complexity index is 840. The molecule has 1 fully saturated rings. The minimum Gasteiger partial charge on any atom is -0.308 e. The molecular weight excluding hydrogens is 358 g/mol. The van der Waals surface area contributed by atoms with Crippen LogP contribution in [0.3, 0.4) is 0 Å². The van der Waals surface area contributed by atoms with Gasteiger partial charge < -0.3 is 4.90 Å². The second-order valence-electron chi connectivity index (χ2n) is 8.17. The Hall–Kier alpha value is -2.43. The molecule has 0 aliphatic carbocycles. The molecule has 29 heavy (non-hydrogen) atoms. The number of aryl methyl sites for hydroxylation is 1. The number of piperazine rings is 1. The number of fused-ring (bicyclic) bond motifs is 1. The van der Waals surface area contributed by atoms with Gasteiger partial charge in [0.05, 0.1) is 6.54 Å². The lowest BCUT2D eigenvalue weighted by Crippen LogP contribution is -2.52. The van der Waals surface area contributed by atoms with Gasteiger partial charge in [-0.25, -0.2) is 0 Å². The van der Waals surface area contributed by atoms with Gasteiger partial charge in [0, 0.05) is 44.5 Å². The van der Waals surface area contributed by atoms with E-state index in [0.29, 0.717) is 6.54 Å². The highest BCUT2D eigenvalue weighted by Crippen LogP contribution is 2.30. The fourth-order valence-electron chi connectivity index (χ4n) is 4.37. The lowest BCUT2D eigenvalue weighted by atomic mass is 9.96. The molecule has 152 valence electrons. The van der Waals surface area contributed by atoms with Crippen LogP contribution in [0.5, 0.6) is 0 Å². The first kappa shape index (κ1) is 19.9. The summed E-state index contributed by atoms with van der Waals surface area (Å²) in [5.74, 6) is 0.238. The van der Waals surface area contributed by atoms with E-state index in [0.717, 1.165) is 51.3 Å². The maximum atomic E-state index is 13.1. The van der Waals surface area contributed by atoms with Crippen molar-refractivity contribution in [1.82, 2.24) is 9.80 Å². The summed E-state index contributed by atoms with van der Waals surface area (Å²) in [5.41, 5.74) is 3.66. The molecule has 2 aliphatic heterocycles. The van der Waals surface area contributed by atoms with E-state index < -0.39 is 0 Å². The number of hydrogen-bond acceptors (Lipinski definition) is 3. The van der Waals surface area contributed by atoms with Crippen molar-refractivity contribution in [3.63, 3.8) is 0 Å². The molecule has 0 saturated carbocycles. The van der Waals surface area contributed by atoms with Gasteiger partial charge in [-0.15, -0.1) is 0 Å². The molecule has 1 saturated heterocycles. The maximum absolute atomic E-state index is 13.1. The van der Waals surface area contributed by atoms with Gasteiger partial charge in [-0.1, -0.05) is 60.7 Å². The molecule has 1 unspecified atom stereocenters. The minimum atomic E-state index is 0.238. The summed E-state index contributed by atoms with van der Waals surface area (Å²) >= 11 is 0. The lowest BCUT2D eigenvalue weighted by molar-refractivity contribution is -0.120. The Balaban J connectivity index is 1.27. The molecule has 4 rings (SSSR count). The Morgan fingerprint density at radius 2 is 1.66 bits per heavy atom. The van der Waals surface area contributed by atoms with Crippen molar-refractivity contribution in [2.24, 2.45) is 0 Å². The van der Waals surface area contributed by atoms with Crippen molar-refractivity contribution in [3.05, 3.63) is 71.8 Å². The molecular formula is C25H31N3O. The van der Waals surface area contributed by atoms with Gasteiger partial charge in [0.25, 0.3) is 0 Å². The van der Waals surface area contributed by atoms with Gasteiger partial charge in [-0.3, -0.25) is 14.6 Å². The van der Waals surface area contributed by atoms with Crippen LogP contribution < -0.4 is 4.90 Å². The zero-order valence-corrected chi connectivity index (χ0v) is 17.3. The summed E-state index contributed by atoms with van der Waals surface area (Å²) in [6, 6.07) is 19.1. The molecule has 0 spiro atoms. The second kappa shape index (κ2) is 9.38. The number of benzene rings is 2. The molecule has 4 heteroatoms. The minimum absolute atomic E-state index is 0.238. The standard InChI is InChI=1S/C25H31N3O/c1-21-13-14-23-11-5-6-12-24(23)28(21)25(29)20-27-18-16-26(17-19-27)15-7-10-22-8-3-2-4-9-22/h2-12,21H,13-20H2,1H3/b10-7+. The largest absolute Gasteiger partial charge is 0.308 e. The van der Waals surface area contributed by atoms with Crippen LogP contribution in [-0.2, 0) is 11.2 Å². The fourth-order valence-corrected chi connectivity index (χ4v) is 4.37. The Morgan fingerprint density at radius 3 is 2.45 bits per heavy atom. The third-order valence-electron chi connectivity index (χ3n) is 6.09. The number of nitrogens with zero attached hydrogens (tertiary/aromatic N) is 3. The fraction of sp³-hybridized carbons (Fsp3) is 0.400. The molecule has 0 bridgehead atoms. The van der Waals surface area contributed by atoms with Crippen molar-refractivity contribution in [2.45, 2.75) is 25.8 Å². The van der Waals surface area contributed by atoms with Crippen LogP contribution >= 0.6 is 0 Å². The third-order valence-corrected chi connectivity index (χ3v) is 6.09. The molecule has 2 aromatic carbocycles. The average Bonchev–Trinajstić information content (AvgIpc) is 2.75. The van der Waals surface area contributed by atoms with Crippen molar-refractivity contribution in [1.29, 1.82) is 0 Å². The Morgan fingerprint density at radius 1 is 0.966 bits per heavy atom. The smallest absolute Gasteiger partial charge is 0.241 e. The third kappa shape index (κ3) is 4.95. The van der Waals surface area contributed by atoms with E-state index in [1.807, 2.05) is 17.0 Å². The zero-order valence-electron chi connectivity index (χ0n) is 17.3. The van der Waals surface area contributed by atoms with Gasteiger partial charge in [-0.05, 0) is 37.0 Å². The maximum Gasteiger partial charge on any atom is 0.241 e. The predicted molar refractivity (Wildman–Crippen MR) is 120 cm³/mol. The Labute approximate surface area is 174 Å². The van der Waals surface area contributed by atoms with E-state index in [9.17, 15) is 4.79 Å². The van der Waals surface area contributed by atoms with Crippen LogP contribution in [0.1, 0.15) is 24.5 Å². The van der Waals surface area contributed by atoms with Gasteiger partial charge >= 0.3 is 0 Å². The first-order chi connectivity index (χ1) is 14.2. The number of carbonyl (C=O) groups excluding carboxylic acids is 1. The number of para-hydroxylation sites is 1. The zero-order chi connectivity index (χ0) is 20.1. The number of carbonyl (C=O) groups is 1. The summed E-state index contributed by atoms with van der Waals surface area (Å²) in [6.07, 6.45) is 6.54. The molecule has 1 amide bonds. The molecule has 4 nitrogen and oxygen atoms in total.